The maximum absolute atomic E-state index is 12.5. The Labute approximate surface area is 126 Å². The summed E-state index contributed by atoms with van der Waals surface area (Å²) >= 11 is 0. The van der Waals surface area contributed by atoms with Gasteiger partial charge in [0.2, 0.25) is 10.0 Å². The van der Waals surface area contributed by atoms with Gasteiger partial charge in [0.25, 0.3) is 0 Å². The average Bonchev–Trinajstić information content (AvgIpc) is 2.47. The van der Waals surface area contributed by atoms with Gasteiger partial charge in [-0.15, -0.1) is 0 Å². The first-order valence-corrected chi connectivity index (χ1v) is 8.32. The van der Waals surface area contributed by atoms with Gasteiger partial charge in [-0.1, -0.05) is 12.1 Å². The molecule has 1 fully saturated rings. The summed E-state index contributed by atoms with van der Waals surface area (Å²) in [6.45, 7) is 2.83. The molecule has 0 spiro atoms. The van der Waals surface area contributed by atoms with Crippen LogP contribution in [0, 0.1) is 0 Å². The maximum Gasteiger partial charge on any atom is 0.244 e. The first-order valence-electron chi connectivity index (χ1n) is 6.88. The lowest BCUT2D eigenvalue weighted by molar-refractivity contribution is -0.0104. The highest BCUT2D eigenvalue weighted by molar-refractivity contribution is 7.89. The van der Waals surface area contributed by atoms with E-state index in [0.29, 0.717) is 18.8 Å². The number of sulfonamides is 1. The number of morpholine rings is 1. The number of para-hydroxylation sites is 1. The van der Waals surface area contributed by atoms with Gasteiger partial charge in [0, 0.05) is 26.7 Å². The summed E-state index contributed by atoms with van der Waals surface area (Å²) in [4.78, 5) is 2.27. The number of aliphatic hydroxyl groups is 1. The minimum atomic E-state index is -3.52. The number of aliphatic hydroxyl groups excluding tert-OH is 1. The summed E-state index contributed by atoms with van der Waals surface area (Å²) < 4.78 is 31.7. The molecule has 21 heavy (non-hydrogen) atoms. The van der Waals surface area contributed by atoms with E-state index in [4.69, 9.17) is 4.74 Å². The van der Waals surface area contributed by atoms with Crippen LogP contribution >= 0.6 is 0 Å². The Balaban J connectivity index is 2.44. The van der Waals surface area contributed by atoms with E-state index in [1.165, 1.54) is 18.4 Å². The van der Waals surface area contributed by atoms with Gasteiger partial charge >= 0.3 is 0 Å². The molecule has 0 radical (unpaired) electrons. The van der Waals surface area contributed by atoms with E-state index in [9.17, 15) is 13.5 Å². The van der Waals surface area contributed by atoms with Crippen LogP contribution in [0.15, 0.2) is 29.2 Å². The van der Waals surface area contributed by atoms with Crippen molar-refractivity contribution in [1.29, 1.82) is 0 Å². The Bertz CT molecular complexity index is 588. The van der Waals surface area contributed by atoms with Gasteiger partial charge in [0.1, 0.15) is 4.90 Å². The molecular weight excluding hydrogens is 292 g/mol. The van der Waals surface area contributed by atoms with E-state index in [-0.39, 0.29) is 23.6 Å². The topological polar surface area (TPSA) is 70.1 Å². The molecular formula is C14H22N2O4S. The van der Waals surface area contributed by atoms with Gasteiger partial charge in [0.15, 0.2) is 0 Å². The van der Waals surface area contributed by atoms with Crippen LogP contribution in [0.25, 0.3) is 0 Å². The third kappa shape index (κ3) is 3.21. The molecule has 1 aromatic rings. The first kappa shape index (κ1) is 16.2. The highest BCUT2D eigenvalue weighted by atomic mass is 32.2. The van der Waals surface area contributed by atoms with Crippen LogP contribution in [-0.4, -0.2) is 63.8 Å². The van der Waals surface area contributed by atoms with Crippen molar-refractivity contribution in [2.75, 3.05) is 38.8 Å². The van der Waals surface area contributed by atoms with Crippen molar-refractivity contribution >= 4 is 15.7 Å². The van der Waals surface area contributed by atoms with Crippen LogP contribution < -0.4 is 4.90 Å². The fraction of sp³-hybridized carbons (Fsp3) is 0.571. The third-order valence-electron chi connectivity index (χ3n) is 3.64. The van der Waals surface area contributed by atoms with Crippen molar-refractivity contribution in [3.63, 3.8) is 0 Å². The molecule has 6 nitrogen and oxygen atoms in total. The molecule has 2 rings (SSSR count). The number of ether oxygens (including phenoxy) is 1. The molecule has 0 aliphatic carbocycles. The second kappa shape index (κ2) is 6.31. The van der Waals surface area contributed by atoms with Crippen LogP contribution in [0.4, 0.5) is 5.69 Å². The summed E-state index contributed by atoms with van der Waals surface area (Å²) in [7, 11) is -0.478. The zero-order chi connectivity index (χ0) is 15.6. The van der Waals surface area contributed by atoms with Gasteiger partial charge in [0.05, 0.1) is 25.0 Å². The van der Waals surface area contributed by atoms with E-state index in [2.05, 4.69) is 0 Å². The molecule has 1 aromatic carbocycles. The van der Waals surface area contributed by atoms with Crippen LogP contribution in [0.2, 0.25) is 0 Å². The van der Waals surface area contributed by atoms with E-state index >= 15 is 0 Å². The predicted octanol–water partition coefficient (Wildman–Crippen LogP) is 0.523. The molecule has 0 saturated carbocycles. The lowest BCUT2D eigenvalue weighted by atomic mass is 10.1. The van der Waals surface area contributed by atoms with E-state index in [1.54, 1.807) is 18.2 Å². The molecule has 7 heteroatoms. The molecule has 1 aliphatic rings. The molecule has 0 amide bonds. The van der Waals surface area contributed by atoms with E-state index < -0.39 is 10.0 Å². The minimum Gasteiger partial charge on any atom is -0.394 e. The van der Waals surface area contributed by atoms with Crippen molar-refractivity contribution in [2.24, 2.45) is 0 Å². The van der Waals surface area contributed by atoms with Crippen molar-refractivity contribution in [2.45, 2.75) is 24.0 Å². The molecule has 1 N–H and O–H groups in total. The Hall–Kier alpha value is -1.15. The Morgan fingerprint density at radius 3 is 2.67 bits per heavy atom. The molecule has 1 heterocycles. The van der Waals surface area contributed by atoms with Crippen LogP contribution in [0.3, 0.4) is 0 Å². The molecule has 118 valence electrons. The Morgan fingerprint density at radius 2 is 2.05 bits per heavy atom. The van der Waals surface area contributed by atoms with Gasteiger partial charge < -0.3 is 14.7 Å². The quantitative estimate of drug-likeness (QED) is 0.877. The summed E-state index contributed by atoms with van der Waals surface area (Å²) in [5.41, 5.74) is 0.653. The van der Waals surface area contributed by atoms with Gasteiger partial charge in [-0.05, 0) is 19.1 Å². The smallest absolute Gasteiger partial charge is 0.244 e. The van der Waals surface area contributed by atoms with Crippen molar-refractivity contribution < 1.29 is 18.3 Å². The molecule has 0 bridgehead atoms. The Morgan fingerprint density at radius 1 is 1.38 bits per heavy atom. The fourth-order valence-electron chi connectivity index (χ4n) is 2.37. The SMILES string of the molecule is CC1COC(CO)CN1c1ccccc1S(=O)(=O)N(C)C. The molecule has 2 atom stereocenters. The third-order valence-corrected chi connectivity index (χ3v) is 5.50. The van der Waals surface area contributed by atoms with E-state index in [1.807, 2.05) is 17.9 Å². The molecule has 1 aliphatic heterocycles. The second-order valence-corrected chi connectivity index (χ2v) is 7.51. The fourth-order valence-corrected chi connectivity index (χ4v) is 3.47. The molecule has 0 aromatic heterocycles. The maximum atomic E-state index is 12.5. The van der Waals surface area contributed by atoms with Crippen LogP contribution in [0.1, 0.15) is 6.92 Å². The summed E-state index contributed by atoms with van der Waals surface area (Å²) in [5.74, 6) is 0. The molecule has 2 unspecified atom stereocenters. The monoisotopic (exact) mass is 314 g/mol. The predicted molar refractivity (Wildman–Crippen MR) is 80.9 cm³/mol. The first-order chi connectivity index (χ1) is 9.87. The number of anilines is 1. The summed E-state index contributed by atoms with van der Waals surface area (Å²) in [6.07, 6.45) is -0.295. The lowest BCUT2D eigenvalue weighted by Crippen LogP contribution is -2.50. The van der Waals surface area contributed by atoms with Crippen molar-refractivity contribution in [1.82, 2.24) is 4.31 Å². The summed E-state index contributed by atoms with van der Waals surface area (Å²) in [6, 6.07) is 6.99. The molecule has 1 saturated heterocycles. The number of nitrogens with zero attached hydrogens (tertiary/aromatic N) is 2. The number of hydrogen-bond acceptors (Lipinski definition) is 5. The van der Waals surface area contributed by atoms with E-state index in [0.717, 1.165) is 0 Å². The summed E-state index contributed by atoms with van der Waals surface area (Å²) in [5, 5.41) is 9.28. The van der Waals surface area contributed by atoms with Crippen LogP contribution in [0.5, 0.6) is 0 Å². The van der Waals surface area contributed by atoms with Crippen LogP contribution in [-0.2, 0) is 14.8 Å². The van der Waals surface area contributed by atoms with Crippen molar-refractivity contribution in [3.05, 3.63) is 24.3 Å². The highest BCUT2D eigenvalue weighted by Gasteiger charge is 2.30. The number of hydrogen-bond donors (Lipinski definition) is 1. The Kier molecular flexibility index (Phi) is 4.88. The zero-order valence-electron chi connectivity index (χ0n) is 12.6. The standard InChI is InChI=1S/C14H22N2O4S/c1-11-10-20-12(9-17)8-16(11)13-6-4-5-7-14(13)21(18,19)15(2)3/h4-7,11-12,17H,8-10H2,1-3H3. The van der Waals surface area contributed by atoms with Gasteiger partial charge in [-0.3, -0.25) is 0 Å². The largest absolute Gasteiger partial charge is 0.394 e. The average molecular weight is 314 g/mol. The zero-order valence-corrected chi connectivity index (χ0v) is 13.4. The number of benzene rings is 1. The lowest BCUT2D eigenvalue weighted by Gasteiger charge is -2.40. The normalized spacial score (nSPS) is 23.6. The highest BCUT2D eigenvalue weighted by Crippen LogP contribution is 2.30. The minimum absolute atomic E-state index is 0.0475. The van der Waals surface area contributed by atoms with Crippen molar-refractivity contribution in [3.8, 4) is 0 Å². The van der Waals surface area contributed by atoms with Gasteiger partial charge in [-0.2, -0.15) is 0 Å². The van der Waals surface area contributed by atoms with Gasteiger partial charge in [-0.25, -0.2) is 12.7 Å². The second-order valence-electron chi connectivity index (χ2n) is 5.39. The number of rotatable bonds is 4.